The Hall–Kier alpha value is -6.67. The Bertz CT molecular complexity index is 4380. The molecular formula is C48H29Cl3F6N8O6S4. The Morgan fingerprint density at radius 1 is 0.587 bits per heavy atom. The van der Waals surface area contributed by atoms with E-state index in [1.54, 1.807) is 10.6 Å². The first-order chi connectivity index (χ1) is 35.6. The molecule has 4 aromatic carbocycles. The number of rotatable bonds is 8. The zero-order chi connectivity index (χ0) is 53.4. The van der Waals surface area contributed by atoms with Crippen LogP contribution >= 0.6 is 56.6 Å². The van der Waals surface area contributed by atoms with Crippen molar-refractivity contribution in [2.75, 3.05) is 10.5 Å². The van der Waals surface area contributed by atoms with Crippen LogP contribution in [0.15, 0.2) is 116 Å². The second-order valence-corrected chi connectivity index (χ2v) is 23.7. The number of pyridine rings is 4. The summed E-state index contributed by atoms with van der Waals surface area (Å²) in [4.78, 5) is 40.9. The number of sulfonamides is 1. The quantitative estimate of drug-likeness (QED) is 0.0634. The number of nitrogens with zero attached hydrogens (tertiary/aromatic N) is 6. The van der Waals surface area contributed by atoms with Crippen molar-refractivity contribution >= 4 is 129 Å². The van der Waals surface area contributed by atoms with Crippen LogP contribution in [0.4, 0.5) is 37.7 Å². The third-order valence-corrected chi connectivity index (χ3v) is 16.6. The molecule has 6 aromatic heterocycles. The zero-order valence-electron chi connectivity index (χ0n) is 37.5. The van der Waals surface area contributed by atoms with Gasteiger partial charge in [-0.25, -0.2) is 63.1 Å². The molecular weight excluding hydrogens is 1130 g/mol. The lowest BCUT2D eigenvalue weighted by atomic mass is 10.0. The third kappa shape index (κ3) is 10.1. The highest BCUT2D eigenvalue weighted by Gasteiger charge is 2.32. The number of fused-ring (bicyclic) bond motifs is 4. The van der Waals surface area contributed by atoms with Gasteiger partial charge in [-0.1, -0.05) is 23.2 Å². The van der Waals surface area contributed by atoms with Crippen molar-refractivity contribution in [1.82, 2.24) is 29.1 Å². The summed E-state index contributed by atoms with van der Waals surface area (Å²) in [5.74, 6) is -6.11. The standard InChI is InChI=1S/C24H14ClF3N4O3S2.C17H12ClF2N3O.C7H3ClFNO2S2/c25-21-7-18-11(9-29-21)5-13(24(33)32(18)12-1-2-12)22-14(26)3-4-16(23(22)28)31-37(34,35)20-8-19-17(6-15(20)27)30-10-36-19;18-14-6-13-8(7-22-14)5-10(17(24)23(13)9-1-2-9)15-11(19)3-4-12(21)16(15)20;8-14(11,12)7-2-6-5(1-4(7)9)10-3-13-6/h3-10,12,31H,1-2H2;3-7,9H,1-2,21H2;1-3H. The van der Waals surface area contributed by atoms with E-state index < -0.39 is 91.7 Å². The number of benzene rings is 4. The van der Waals surface area contributed by atoms with Crippen LogP contribution in [0.1, 0.15) is 37.8 Å². The highest BCUT2D eigenvalue weighted by atomic mass is 35.7. The van der Waals surface area contributed by atoms with Crippen molar-refractivity contribution in [2.45, 2.75) is 47.6 Å². The average Bonchev–Trinajstić information content (AvgIpc) is 4.29. The van der Waals surface area contributed by atoms with E-state index >= 15 is 8.78 Å². The van der Waals surface area contributed by atoms with Gasteiger partial charge in [0, 0.05) is 58.1 Å². The first-order valence-corrected chi connectivity index (χ1v) is 28.1. The summed E-state index contributed by atoms with van der Waals surface area (Å²) in [5.41, 5.74) is 6.79. The summed E-state index contributed by atoms with van der Waals surface area (Å²) in [6.45, 7) is 0. The molecule has 2 aliphatic carbocycles. The van der Waals surface area contributed by atoms with E-state index in [-0.39, 0.29) is 44.7 Å². The normalized spacial score (nSPS) is 13.7. The maximum absolute atomic E-state index is 15.7. The second kappa shape index (κ2) is 19.8. The van der Waals surface area contributed by atoms with Crippen molar-refractivity contribution in [1.29, 1.82) is 0 Å². The average molecular weight is 1160 g/mol. The summed E-state index contributed by atoms with van der Waals surface area (Å²) in [5, 5.41) is 1.43. The van der Waals surface area contributed by atoms with Crippen LogP contribution in [0.25, 0.3) is 64.5 Å². The Labute approximate surface area is 441 Å². The lowest BCUT2D eigenvalue weighted by molar-refractivity contribution is 0.569. The Kier molecular flexibility index (Phi) is 13.7. The first-order valence-electron chi connectivity index (χ1n) is 21.8. The number of hydrogen-bond donors (Lipinski definition) is 2. The van der Waals surface area contributed by atoms with E-state index in [9.17, 15) is 44.0 Å². The van der Waals surface area contributed by atoms with Crippen LogP contribution in [0.3, 0.4) is 0 Å². The maximum Gasteiger partial charge on any atom is 0.264 e. The fourth-order valence-electron chi connectivity index (χ4n) is 8.17. The fourth-order valence-corrected chi connectivity index (χ4v) is 12.1. The van der Waals surface area contributed by atoms with Crippen LogP contribution in [0, 0.1) is 34.9 Å². The van der Waals surface area contributed by atoms with E-state index in [2.05, 4.69) is 19.9 Å². The van der Waals surface area contributed by atoms with Crippen LogP contribution in [-0.4, -0.2) is 45.9 Å². The van der Waals surface area contributed by atoms with Crippen molar-refractivity contribution in [3.05, 3.63) is 162 Å². The SMILES string of the molecule is Nc1ccc(F)c(-c2cc3cnc(Cl)cc3n(C3CC3)c2=O)c1F.O=S(=O)(Cl)c1cc2scnc2cc1F.O=c1c(-c2c(F)ccc(NS(=O)(=O)c3cc4scnc4cc3F)c2F)cc2cnc(Cl)cc2n1C1CC1. The molecule has 0 aliphatic heterocycles. The zero-order valence-corrected chi connectivity index (χ0v) is 43.0. The molecule has 0 saturated heterocycles. The van der Waals surface area contributed by atoms with Gasteiger partial charge in [0.05, 0.1) is 76.1 Å². The predicted octanol–water partition coefficient (Wildman–Crippen LogP) is 12.2. The van der Waals surface area contributed by atoms with Gasteiger partial charge < -0.3 is 14.9 Å². The van der Waals surface area contributed by atoms with Crippen molar-refractivity contribution in [3.63, 3.8) is 0 Å². The number of nitrogens with two attached hydrogens (primary N) is 1. The highest BCUT2D eigenvalue weighted by Crippen LogP contribution is 2.40. The molecule has 0 radical (unpaired) electrons. The summed E-state index contributed by atoms with van der Waals surface area (Å²) < 4.78 is 141. The number of thiazole rings is 2. The van der Waals surface area contributed by atoms with Crippen molar-refractivity contribution in [3.8, 4) is 22.3 Å². The van der Waals surface area contributed by atoms with Gasteiger partial charge in [0.15, 0.2) is 11.6 Å². The van der Waals surface area contributed by atoms with Gasteiger partial charge in [0.1, 0.15) is 43.4 Å². The van der Waals surface area contributed by atoms with Crippen LogP contribution in [0.2, 0.25) is 10.3 Å². The van der Waals surface area contributed by atoms with E-state index in [4.69, 9.17) is 39.6 Å². The minimum Gasteiger partial charge on any atom is -0.396 e. The number of anilines is 2. The van der Waals surface area contributed by atoms with Gasteiger partial charge in [-0.05, 0) is 86.3 Å². The van der Waals surface area contributed by atoms with E-state index in [0.717, 1.165) is 66.6 Å². The van der Waals surface area contributed by atoms with Crippen molar-refractivity contribution < 1.29 is 43.2 Å². The summed E-state index contributed by atoms with van der Waals surface area (Å²) in [6.07, 6.45) is 5.96. The van der Waals surface area contributed by atoms with Gasteiger partial charge >= 0.3 is 0 Å². The lowest BCUT2D eigenvalue weighted by Crippen LogP contribution is -2.22. The minimum atomic E-state index is -4.63. The molecule has 0 spiro atoms. The molecule has 384 valence electrons. The molecule has 12 rings (SSSR count). The summed E-state index contributed by atoms with van der Waals surface area (Å²) in [7, 11) is -3.60. The predicted molar refractivity (Wildman–Crippen MR) is 277 cm³/mol. The van der Waals surface area contributed by atoms with E-state index in [1.165, 1.54) is 63.6 Å². The molecule has 0 bridgehead atoms. The molecule has 0 atom stereocenters. The summed E-state index contributed by atoms with van der Waals surface area (Å²) >= 11 is 14.3. The number of aromatic nitrogens is 6. The third-order valence-electron chi connectivity index (χ3n) is 11.9. The maximum atomic E-state index is 15.7. The van der Waals surface area contributed by atoms with Gasteiger partial charge in [0.2, 0.25) is 0 Å². The number of nitrogen functional groups attached to an aromatic ring is 1. The second-order valence-electron chi connectivity index (χ2n) is 16.9. The van der Waals surface area contributed by atoms with Crippen LogP contribution in [-0.2, 0) is 19.1 Å². The molecule has 10 aromatic rings. The lowest BCUT2D eigenvalue weighted by Gasteiger charge is -2.15. The van der Waals surface area contributed by atoms with Crippen LogP contribution < -0.4 is 21.6 Å². The first kappa shape index (κ1) is 51.8. The number of halogens is 9. The molecule has 6 heterocycles. The van der Waals surface area contributed by atoms with Gasteiger partial charge in [0.25, 0.3) is 30.2 Å². The molecule has 14 nitrogen and oxygen atoms in total. The molecule has 0 unspecified atom stereocenters. The number of nitrogens with one attached hydrogen (secondary N) is 1. The Morgan fingerprint density at radius 2 is 1.04 bits per heavy atom. The molecule has 2 saturated carbocycles. The molecule has 2 aliphatic rings. The smallest absolute Gasteiger partial charge is 0.264 e. The Balaban J connectivity index is 0.000000144. The summed E-state index contributed by atoms with van der Waals surface area (Å²) in [6, 6.07) is 13.8. The van der Waals surface area contributed by atoms with E-state index in [0.29, 0.717) is 49.6 Å². The van der Waals surface area contributed by atoms with Crippen LogP contribution in [0.5, 0.6) is 0 Å². The molecule has 2 fully saturated rings. The van der Waals surface area contributed by atoms with Gasteiger partial charge in [-0.15, -0.1) is 22.7 Å². The minimum absolute atomic E-state index is 0.00518. The van der Waals surface area contributed by atoms with E-state index in [1.807, 2.05) is 4.72 Å². The topological polar surface area (TPSA) is 202 Å². The molecule has 27 heteroatoms. The number of hydrogen-bond acceptors (Lipinski definition) is 13. The largest absolute Gasteiger partial charge is 0.396 e. The molecule has 75 heavy (non-hydrogen) atoms. The van der Waals surface area contributed by atoms with Gasteiger partial charge in [-0.2, -0.15) is 0 Å². The Morgan fingerprint density at radius 3 is 1.52 bits per heavy atom. The molecule has 0 amide bonds. The molecule has 3 N–H and O–H groups in total. The fraction of sp³-hybridized carbons (Fsp3) is 0.125. The van der Waals surface area contributed by atoms with Gasteiger partial charge in [-0.3, -0.25) is 14.3 Å². The monoisotopic (exact) mass is 1160 g/mol. The van der Waals surface area contributed by atoms with Crippen molar-refractivity contribution in [2.24, 2.45) is 0 Å². The highest BCUT2D eigenvalue weighted by molar-refractivity contribution is 8.13.